The van der Waals surface area contributed by atoms with E-state index in [9.17, 15) is 19.2 Å². The first kappa shape index (κ1) is 29.7. The SMILES string of the molecule is NC(=O)C(CCC(=O)O)NC(=O)C(Cc1cnc[nH]1)NC(=O)CCc1ccc(-c2ccc(-c3ccccc3)cc2)cc1. The van der Waals surface area contributed by atoms with Crippen LogP contribution < -0.4 is 16.4 Å². The van der Waals surface area contributed by atoms with Crippen LogP contribution in [0.25, 0.3) is 22.3 Å². The average Bonchev–Trinajstić information content (AvgIpc) is 3.51. The highest BCUT2D eigenvalue weighted by atomic mass is 16.4. The van der Waals surface area contributed by atoms with Crippen molar-refractivity contribution in [3.8, 4) is 22.3 Å². The number of amides is 3. The molecule has 6 N–H and O–H groups in total. The zero-order valence-corrected chi connectivity index (χ0v) is 23.0. The number of carbonyl (C=O) groups is 4. The largest absolute Gasteiger partial charge is 0.481 e. The highest BCUT2D eigenvalue weighted by Gasteiger charge is 2.26. The van der Waals surface area contributed by atoms with Crippen molar-refractivity contribution in [2.75, 3.05) is 0 Å². The molecular formula is C32H33N5O5. The van der Waals surface area contributed by atoms with Gasteiger partial charge in [0.05, 0.1) is 6.33 Å². The molecule has 2 atom stereocenters. The van der Waals surface area contributed by atoms with Crippen molar-refractivity contribution in [2.24, 2.45) is 5.73 Å². The van der Waals surface area contributed by atoms with Gasteiger partial charge in [-0.2, -0.15) is 0 Å². The summed E-state index contributed by atoms with van der Waals surface area (Å²) in [7, 11) is 0. The van der Waals surface area contributed by atoms with Crippen LogP contribution in [0.3, 0.4) is 0 Å². The maximum absolute atomic E-state index is 13.0. The summed E-state index contributed by atoms with van der Waals surface area (Å²) in [5.74, 6) is -2.97. The molecular weight excluding hydrogens is 534 g/mol. The van der Waals surface area contributed by atoms with E-state index in [0.717, 1.165) is 27.8 Å². The summed E-state index contributed by atoms with van der Waals surface area (Å²) in [5.41, 5.74) is 11.4. The molecule has 3 amide bonds. The summed E-state index contributed by atoms with van der Waals surface area (Å²) in [5, 5.41) is 14.1. The molecule has 0 radical (unpaired) electrons. The van der Waals surface area contributed by atoms with Gasteiger partial charge in [0.1, 0.15) is 12.1 Å². The van der Waals surface area contributed by atoms with Crippen molar-refractivity contribution in [1.29, 1.82) is 0 Å². The summed E-state index contributed by atoms with van der Waals surface area (Å²) in [6.07, 6.45) is 3.17. The Labute approximate surface area is 243 Å². The number of aliphatic carboxylic acids is 1. The Morgan fingerprint density at radius 2 is 1.38 bits per heavy atom. The predicted molar refractivity (Wildman–Crippen MR) is 158 cm³/mol. The zero-order chi connectivity index (χ0) is 29.9. The molecule has 10 nitrogen and oxygen atoms in total. The van der Waals surface area contributed by atoms with E-state index in [2.05, 4.69) is 57.0 Å². The van der Waals surface area contributed by atoms with Gasteiger partial charge < -0.3 is 26.5 Å². The highest BCUT2D eigenvalue weighted by Crippen LogP contribution is 2.25. The molecule has 1 aromatic heterocycles. The van der Waals surface area contributed by atoms with Crippen LogP contribution in [0.4, 0.5) is 0 Å². The van der Waals surface area contributed by atoms with Crippen LogP contribution >= 0.6 is 0 Å². The Balaban J connectivity index is 1.34. The van der Waals surface area contributed by atoms with Crippen molar-refractivity contribution in [3.05, 3.63) is 103 Å². The van der Waals surface area contributed by atoms with Crippen LogP contribution in [0, 0.1) is 0 Å². The van der Waals surface area contributed by atoms with Gasteiger partial charge in [-0.05, 0) is 40.7 Å². The van der Waals surface area contributed by atoms with Gasteiger partial charge in [0.2, 0.25) is 17.7 Å². The molecule has 10 heteroatoms. The lowest BCUT2D eigenvalue weighted by molar-refractivity contribution is -0.137. The average molecular weight is 568 g/mol. The lowest BCUT2D eigenvalue weighted by Crippen LogP contribution is -2.53. The maximum atomic E-state index is 13.0. The summed E-state index contributed by atoms with van der Waals surface area (Å²) >= 11 is 0. The van der Waals surface area contributed by atoms with Crippen LogP contribution in [0.2, 0.25) is 0 Å². The van der Waals surface area contributed by atoms with Crippen LogP contribution in [0.1, 0.15) is 30.5 Å². The fraction of sp³-hybridized carbons (Fsp3) is 0.219. The van der Waals surface area contributed by atoms with Crippen molar-refractivity contribution >= 4 is 23.7 Å². The fourth-order valence-corrected chi connectivity index (χ4v) is 4.53. The van der Waals surface area contributed by atoms with Crippen LogP contribution in [-0.4, -0.2) is 50.8 Å². The highest BCUT2D eigenvalue weighted by molar-refractivity contribution is 5.92. The van der Waals surface area contributed by atoms with Crippen molar-refractivity contribution < 1.29 is 24.3 Å². The Hall–Kier alpha value is -5.25. The van der Waals surface area contributed by atoms with Crippen LogP contribution in [0.15, 0.2) is 91.4 Å². The number of nitrogens with one attached hydrogen (secondary N) is 3. The number of carboxylic acids is 1. The molecule has 0 aliphatic carbocycles. The molecule has 4 rings (SSSR count). The van der Waals surface area contributed by atoms with E-state index in [-0.39, 0.29) is 31.6 Å². The molecule has 0 saturated heterocycles. The molecule has 2 unspecified atom stereocenters. The molecule has 1 heterocycles. The molecule has 3 aromatic carbocycles. The number of benzene rings is 3. The Bertz CT molecular complexity index is 1490. The quantitative estimate of drug-likeness (QED) is 0.157. The second-order valence-electron chi connectivity index (χ2n) is 9.94. The monoisotopic (exact) mass is 567 g/mol. The molecule has 216 valence electrons. The van der Waals surface area contributed by atoms with Gasteiger partial charge in [0.25, 0.3) is 0 Å². The van der Waals surface area contributed by atoms with Gasteiger partial charge in [-0.1, -0.05) is 78.9 Å². The number of imidazole rings is 1. The summed E-state index contributed by atoms with van der Waals surface area (Å²) in [6, 6.07) is 24.3. The van der Waals surface area contributed by atoms with Crippen LogP contribution in [0.5, 0.6) is 0 Å². The van der Waals surface area contributed by atoms with E-state index in [1.54, 1.807) is 0 Å². The Morgan fingerprint density at radius 1 is 0.786 bits per heavy atom. The minimum atomic E-state index is -1.18. The number of H-pyrrole nitrogens is 1. The van der Waals surface area contributed by atoms with E-state index < -0.39 is 29.9 Å². The third-order valence-corrected chi connectivity index (χ3v) is 6.86. The first-order valence-electron chi connectivity index (χ1n) is 13.6. The van der Waals surface area contributed by atoms with Gasteiger partial charge in [-0.25, -0.2) is 4.98 Å². The van der Waals surface area contributed by atoms with E-state index >= 15 is 0 Å². The normalized spacial score (nSPS) is 12.2. The zero-order valence-electron chi connectivity index (χ0n) is 23.0. The number of aromatic nitrogens is 2. The third kappa shape index (κ3) is 8.62. The number of primary amides is 1. The van der Waals surface area contributed by atoms with E-state index in [1.807, 2.05) is 42.5 Å². The molecule has 0 spiro atoms. The number of carbonyl (C=O) groups excluding carboxylic acids is 3. The number of rotatable bonds is 14. The molecule has 0 saturated carbocycles. The Kier molecular flexibility index (Phi) is 10.2. The number of nitrogens with zero attached hydrogens (tertiary/aromatic N) is 1. The van der Waals surface area contributed by atoms with E-state index in [4.69, 9.17) is 10.8 Å². The molecule has 0 fully saturated rings. The van der Waals surface area contributed by atoms with Crippen LogP contribution in [-0.2, 0) is 32.0 Å². The maximum Gasteiger partial charge on any atom is 0.303 e. The van der Waals surface area contributed by atoms with E-state index in [0.29, 0.717) is 12.1 Å². The predicted octanol–water partition coefficient (Wildman–Crippen LogP) is 3.24. The lowest BCUT2D eigenvalue weighted by Gasteiger charge is -2.21. The third-order valence-electron chi connectivity index (χ3n) is 6.86. The first-order chi connectivity index (χ1) is 20.3. The standard InChI is InChI=1S/C32H33N5O5/c33-31(41)27(15-17-30(39)40)37-32(42)28(18-26-19-34-20-35-26)36-29(38)16-8-21-6-9-23(10-7-21)25-13-11-24(12-14-25)22-4-2-1-3-5-22/h1-7,9-14,19-20,27-28H,8,15-18H2,(H2,33,41)(H,34,35)(H,36,38)(H,37,42)(H,39,40). The molecule has 42 heavy (non-hydrogen) atoms. The van der Waals surface area contributed by atoms with Gasteiger partial charge >= 0.3 is 5.97 Å². The van der Waals surface area contributed by atoms with Gasteiger partial charge in [0, 0.05) is 31.2 Å². The molecule has 0 aliphatic heterocycles. The number of aryl methyl sites for hydroxylation is 1. The Morgan fingerprint density at radius 3 is 1.93 bits per heavy atom. The van der Waals surface area contributed by atoms with Crippen molar-refractivity contribution in [2.45, 2.75) is 44.2 Å². The molecule has 4 aromatic rings. The lowest BCUT2D eigenvalue weighted by atomic mass is 9.99. The second-order valence-corrected chi connectivity index (χ2v) is 9.94. The summed E-state index contributed by atoms with van der Waals surface area (Å²) < 4.78 is 0. The number of carboxylic acid groups (broad SMARTS) is 1. The van der Waals surface area contributed by atoms with Gasteiger partial charge in [0.15, 0.2) is 0 Å². The minimum Gasteiger partial charge on any atom is -0.481 e. The minimum absolute atomic E-state index is 0.0970. The van der Waals surface area contributed by atoms with Crippen molar-refractivity contribution in [3.63, 3.8) is 0 Å². The number of aromatic amines is 1. The number of nitrogens with two attached hydrogens (primary N) is 1. The van der Waals surface area contributed by atoms with Gasteiger partial charge in [-0.15, -0.1) is 0 Å². The topological polar surface area (TPSA) is 167 Å². The van der Waals surface area contributed by atoms with E-state index in [1.165, 1.54) is 12.5 Å². The smallest absolute Gasteiger partial charge is 0.303 e. The van der Waals surface area contributed by atoms with Gasteiger partial charge in [-0.3, -0.25) is 19.2 Å². The molecule has 0 aliphatic rings. The number of hydrogen-bond donors (Lipinski definition) is 5. The summed E-state index contributed by atoms with van der Waals surface area (Å²) in [4.78, 5) is 55.3. The number of hydrogen-bond acceptors (Lipinski definition) is 5. The van der Waals surface area contributed by atoms with Crippen molar-refractivity contribution in [1.82, 2.24) is 20.6 Å². The molecule has 0 bridgehead atoms. The fourth-order valence-electron chi connectivity index (χ4n) is 4.53. The summed E-state index contributed by atoms with van der Waals surface area (Å²) in [6.45, 7) is 0. The first-order valence-corrected chi connectivity index (χ1v) is 13.6. The second kappa shape index (κ2) is 14.4.